The summed E-state index contributed by atoms with van der Waals surface area (Å²) < 4.78 is 0. The van der Waals surface area contributed by atoms with E-state index in [0.717, 1.165) is 44.8 Å². The topological polar surface area (TPSA) is 62.7 Å². The van der Waals surface area contributed by atoms with Gasteiger partial charge in [-0.2, -0.15) is 5.26 Å². The Bertz CT molecular complexity index is 1780. The van der Waals surface area contributed by atoms with Gasteiger partial charge in [-0.1, -0.05) is 109 Å². The number of hydrogen-bond donors (Lipinski definition) is 1. The lowest BCUT2D eigenvalue weighted by Gasteiger charge is -2.12. The minimum atomic E-state index is 0.599. The number of anilines is 1. The van der Waals surface area contributed by atoms with E-state index < -0.39 is 0 Å². The first kappa shape index (κ1) is 23.9. The van der Waals surface area contributed by atoms with Crippen molar-refractivity contribution in [2.75, 3.05) is 5.73 Å². The second-order valence-corrected chi connectivity index (χ2v) is 9.43. The zero-order chi connectivity index (χ0) is 26.6. The number of benzene rings is 5. The van der Waals surface area contributed by atoms with Crippen LogP contribution in [-0.4, -0.2) is 4.98 Å². The zero-order valence-electron chi connectivity index (χ0n) is 21.3. The van der Waals surface area contributed by atoms with Gasteiger partial charge in [-0.3, -0.25) is 0 Å². The smallest absolute Gasteiger partial charge is 0.0998 e. The van der Waals surface area contributed by atoms with E-state index in [-0.39, 0.29) is 0 Å². The molecule has 0 atom stereocenters. The SMILES string of the molecule is N#Cc1ccc(N)cc1-c1ccc(-c2cc(-c3ccc(-c4ccccc4)cc3)cc(-c3ccccc3)n2)cc1. The summed E-state index contributed by atoms with van der Waals surface area (Å²) in [5.74, 6) is 0. The van der Waals surface area contributed by atoms with Crippen LogP contribution in [-0.2, 0) is 0 Å². The van der Waals surface area contributed by atoms with E-state index in [2.05, 4.69) is 91.0 Å². The van der Waals surface area contributed by atoms with Gasteiger partial charge in [0.05, 0.1) is 23.0 Å². The van der Waals surface area contributed by atoms with E-state index in [4.69, 9.17) is 10.7 Å². The molecule has 0 spiro atoms. The number of pyridine rings is 1. The average Bonchev–Trinajstić information content (AvgIpc) is 3.02. The molecule has 0 radical (unpaired) electrons. The second-order valence-electron chi connectivity index (χ2n) is 9.43. The van der Waals surface area contributed by atoms with Crippen molar-refractivity contribution in [1.82, 2.24) is 4.98 Å². The molecule has 3 heteroatoms. The molecule has 5 aromatic carbocycles. The normalized spacial score (nSPS) is 10.6. The number of hydrogen-bond acceptors (Lipinski definition) is 3. The van der Waals surface area contributed by atoms with E-state index in [9.17, 15) is 5.26 Å². The first-order valence-corrected chi connectivity index (χ1v) is 12.8. The van der Waals surface area contributed by atoms with Crippen molar-refractivity contribution in [2.24, 2.45) is 0 Å². The van der Waals surface area contributed by atoms with Crippen LogP contribution >= 0.6 is 0 Å². The molecule has 0 aliphatic heterocycles. The van der Waals surface area contributed by atoms with Gasteiger partial charge in [0.1, 0.15) is 0 Å². The summed E-state index contributed by atoms with van der Waals surface area (Å²) in [4.78, 5) is 5.04. The molecule has 6 rings (SSSR count). The van der Waals surface area contributed by atoms with Crippen molar-refractivity contribution in [3.05, 3.63) is 145 Å². The van der Waals surface area contributed by atoms with Crippen LogP contribution in [0.25, 0.3) is 55.9 Å². The van der Waals surface area contributed by atoms with Crippen LogP contribution in [0.4, 0.5) is 5.69 Å². The van der Waals surface area contributed by atoms with E-state index in [1.165, 1.54) is 11.1 Å². The van der Waals surface area contributed by atoms with Crippen molar-refractivity contribution in [2.45, 2.75) is 0 Å². The molecule has 2 N–H and O–H groups in total. The summed E-state index contributed by atoms with van der Waals surface area (Å²) in [6.07, 6.45) is 0. The van der Waals surface area contributed by atoms with E-state index in [0.29, 0.717) is 11.3 Å². The summed E-state index contributed by atoms with van der Waals surface area (Å²) in [6.45, 7) is 0. The number of nitrogens with zero attached hydrogens (tertiary/aromatic N) is 2. The molecule has 0 aliphatic carbocycles. The van der Waals surface area contributed by atoms with Gasteiger partial charge in [-0.05, 0) is 58.1 Å². The van der Waals surface area contributed by atoms with Gasteiger partial charge in [-0.15, -0.1) is 0 Å². The molecule has 0 bridgehead atoms. The number of nitriles is 1. The van der Waals surface area contributed by atoms with Gasteiger partial charge in [0.2, 0.25) is 0 Å². The molecule has 39 heavy (non-hydrogen) atoms. The Morgan fingerprint density at radius 3 is 1.51 bits per heavy atom. The summed E-state index contributed by atoms with van der Waals surface area (Å²) in [7, 11) is 0. The maximum Gasteiger partial charge on any atom is 0.0998 e. The second kappa shape index (κ2) is 10.5. The van der Waals surface area contributed by atoms with Crippen LogP contribution < -0.4 is 5.73 Å². The molecule has 1 aromatic heterocycles. The minimum Gasteiger partial charge on any atom is -0.399 e. The molecule has 0 saturated heterocycles. The van der Waals surface area contributed by atoms with Crippen molar-refractivity contribution in [3.63, 3.8) is 0 Å². The lowest BCUT2D eigenvalue weighted by molar-refractivity contribution is 1.32. The molecule has 0 amide bonds. The average molecular weight is 500 g/mol. The van der Waals surface area contributed by atoms with Crippen molar-refractivity contribution in [3.8, 4) is 62.0 Å². The van der Waals surface area contributed by atoms with Crippen molar-refractivity contribution >= 4 is 5.69 Å². The van der Waals surface area contributed by atoms with Crippen LogP contribution in [0.15, 0.2) is 140 Å². The number of aromatic nitrogens is 1. The summed E-state index contributed by atoms with van der Waals surface area (Å²) in [6, 6.07) is 49.4. The lowest BCUT2D eigenvalue weighted by Crippen LogP contribution is -1.92. The van der Waals surface area contributed by atoms with Gasteiger partial charge < -0.3 is 5.73 Å². The standard InChI is InChI=1S/C36H25N3/c37-24-31-19-20-33(38)23-34(31)28-15-17-30(18-16-28)36-22-32(21-35(39-36)29-9-5-2-6-10-29)27-13-11-26(12-14-27)25-7-3-1-4-8-25/h1-23H,38H2. The number of rotatable bonds is 5. The molecule has 0 aliphatic rings. The van der Waals surface area contributed by atoms with Crippen molar-refractivity contribution in [1.29, 1.82) is 5.26 Å². The Morgan fingerprint density at radius 1 is 0.462 bits per heavy atom. The molecule has 0 unspecified atom stereocenters. The van der Waals surface area contributed by atoms with Gasteiger partial charge in [0.25, 0.3) is 0 Å². The number of nitrogen functional groups attached to an aromatic ring is 1. The van der Waals surface area contributed by atoms with Gasteiger partial charge >= 0.3 is 0 Å². The Hall–Kier alpha value is -5.46. The fraction of sp³-hybridized carbons (Fsp3) is 0. The quantitative estimate of drug-likeness (QED) is 0.241. The number of nitrogens with two attached hydrogens (primary N) is 1. The van der Waals surface area contributed by atoms with Crippen LogP contribution in [0.5, 0.6) is 0 Å². The van der Waals surface area contributed by atoms with E-state index in [1.807, 2.05) is 42.5 Å². The molecule has 0 fully saturated rings. The zero-order valence-corrected chi connectivity index (χ0v) is 21.3. The fourth-order valence-electron chi connectivity index (χ4n) is 4.81. The van der Waals surface area contributed by atoms with Gasteiger partial charge in [0, 0.05) is 22.4 Å². The Labute approximate surface area is 228 Å². The molecular weight excluding hydrogens is 474 g/mol. The van der Waals surface area contributed by atoms with Gasteiger partial charge in [0.15, 0.2) is 0 Å². The fourth-order valence-corrected chi connectivity index (χ4v) is 4.81. The predicted octanol–water partition coefficient (Wildman–Crippen LogP) is 8.87. The molecular formula is C36H25N3. The van der Waals surface area contributed by atoms with Crippen LogP contribution in [0, 0.1) is 11.3 Å². The maximum absolute atomic E-state index is 9.56. The third-order valence-corrected chi connectivity index (χ3v) is 6.88. The first-order chi connectivity index (χ1) is 19.2. The Balaban J connectivity index is 1.41. The molecule has 3 nitrogen and oxygen atoms in total. The summed E-state index contributed by atoms with van der Waals surface area (Å²) in [5.41, 5.74) is 17.5. The third-order valence-electron chi connectivity index (χ3n) is 6.88. The first-order valence-electron chi connectivity index (χ1n) is 12.8. The summed E-state index contributed by atoms with van der Waals surface area (Å²) in [5, 5.41) is 9.56. The Morgan fingerprint density at radius 2 is 0.923 bits per heavy atom. The highest BCUT2D eigenvalue weighted by molar-refractivity contribution is 5.80. The highest BCUT2D eigenvalue weighted by Gasteiger charge is 2.11. The maximum atomic E-state index is 9.56. The largest absolute Gasteiger partial charge is 0.399 e. The van der Waals surface area contributed by atoms with Crippen LogP contribution in [0.2, 0.25) is 0 Å². The monoisotopic (exact) mass is 499 g/mol. The van der Waals surface area contributed by atoms with E-state index in [1.54, 1.807) is 12.1 Å². The lowest BCUT2D eigenvalue weighted by atomic mass is 9.96. The van der Waals surface area contributed by atoms with Crippen LogP contribution in [0.3, 0.4) is 0 Å². The molecule has 0 saturated carbocycles. The highest BCUT2D eigenvalue weighted by atomic mass is 14.7. The highest BCUT2D eigenvalue weighted by Crippen LogP contribution is 2.33. The summed E-state index contributed by atoms with van der Waals surface area (Å²) >= 11 is 0. The molecule has 184 valence electrons. The Kier molecular flexibility index (Phi) is 6.43. The predicted molar refractivity (Wildman–Crippen MR) is 161 cm³/mol. The van der Waals surface area contributed by atoms with Crippen molar-refractivity contribution < 1.29 is 0 Å². The molecule has 6 aromatic rings. The minimum absolute atomic E-state index is 0.599. The third kappa shape index (κ3) is 5.05. The van der Waals surface area contributed by atoms with Gasteiger partial charge in [-0.25, -0.2) is 4.98 Å². The molecule has 1 heterocycles. The van der Waals surface area contributed by atoms with Crippen LogP contribution in [0.1, 0.15) is 5.56 Å². The van der Waals surface area contributed by atoms with E-state index >= 15 is 0 Å².